The van der Waals surface area contributed by atoms with Crippen LogP contribution >= 0.6 is 0 Å². The quantitative estimate of drug-likeness (QED) is 0.0644. The highest BCUT2D eigenvalue weighted by Gasteiger charge is 1.96. The number of hydrogen-bond donors (Lipinski definition) is 0. The zero-order valence-electron chi connectivity index (χ0n) is 24.5. The van der Waals surface area contributed by atoms with Crippen LogP contribution in [0.2, 0.25) is 0 Å². The van der Waals surface area contributed by atoms with Crippen molar-refractivity contribution in [2.75, 3.05) is 119 Å². The van der Waals surface area contributed by atoms with Gasteiger partial charge in [0.25, 0.3) is 0 Å². The average Bonchev–Trinajstić information content (AvgIpc) is 2.93. The molecule has 0 radical (unpaired) electrons. The van der Waals surface area contributed by atoms with E-state index in [9.17, 15) is 0 Å². The van der Waals surface area contributed by atoms with E-state index in [1.807, 2.05) is 6.92 Å². The second-order valence-corrected chi connectivity index (χ2v) is 8.60. The standard InChI is InChI=1S/C28H58O10/c1-3-5-6-7-8-9-10-11-12-37-38-28-27-36-26-25-35-24-23-34-22-21-33-20-19-32-18-17-31-16-15-30-14-13-29-4-2/h3-28H2,1-2H3. The molecule has 0 spiro atoms. The molecule has 0 bridgehead atoms. The Hall–Kier alpha value is -0.400. The largest absolute Gasteiger partial charge is 0.379 e. The molecule has 0 atom stereocenters. The molecule has 10 nitrogen and oxygen atoms in total. The maximum Gasteiger partial charge on any atom is 0.106 e. The molecule has 230 valence electrons. The van der Waals surface area contributed by atoms with Crippen LogP contribution < -0.4 is 0 Å². The minimum absolute atomic E-state index is 0.435. The first-order valence-corrected chi connectivity index (χ1v) is 14.8. The summed E-state index contributed by atoms with van der Waals surface area (Å²) < 4.78 is 43.2. The minimum atomic E-state index is 0.435. The Labute approximate surface area is 232 Å². The Balaban J connectivity index is 3.01. The van der Waals surface area contributed by atoms with Gasteiger partial charge in [-0.05, 0) is 13.3 Å². The van der Waals surface area contributed by atoms with Crippen molar-refractivity contribution < 1.29 is 47.7 Å². The van der Waals surface area contributed by atoms with Gasteiger partial charge < -0.3 is 37.9 Å². The minimum Gasteiger partial charge on any atom is -0.379 e. The van der Waals surface area contributed by atoms with Gasteiger partial charge in [-0.1, -0.05) is 51.9 Å². The van der Waals surface area contributed by atoms with Crippen molar-refractivity contribution in [1.82, 2.24) is 0 Å². The zero-order valence-corrected chi connectivity index (χ0v) is 24.5. The molecule has 0 aromatic heterocycles. The van der Waals surface area contributed by atoms with Gasteiger partial charge in [0.1, 0.15) is 6.61 Å². The zero-order chi connectivity index (χ0) is 27.5. The second kappa shape index (κ2) is 36.6. The van der Waals surface area contributed by atoms with Gasteiger partial charge in [-0.3, -0.25) is 0 Å². The van der Waals surface area contributed by atoms with Crippen LogP contribution in [0.25, 0.3) is 0 Å². The molecule has 0 saturated heterocycles. The van der Waals surface area contributed by atoms with Crippen LogP contribution in [0.3, 0.4) is 0 Å². The van der Waals surface area contributed by atoms with Crippen molar-refractivity contribution in [2.24, 2.45) is 0 Å². The molecule has 0 rings (SSSR count). The molecule has 0 amide bonds. The third-order valence-corrected chi connectivity index (χ3v) is 5.28. The number of ether oxygens (including phenoxy) is 8. The molecule has 0 saturated carbocycles. The SMILES string of the molecule is CCCCCCCCCCOOCCOCCOCCOCCOCCOCCOCCOCCOCC. The van der Waals surface area contributed by atoms with Crippen LogP contribution in [0, 0.1) is 0 Å². The molecule has 10 heteroatoms. The summed E-state index contributed by atoms with van der Waals surface area (Å²) in [5, 5.41) is 0. The summed E-state index contributed by atoms with van der Waals surface area (Å²) in [6.07, 6.45) is 10.3. The molecule has 0 aromatic rings. The fourth-order valence-electron chi connectivity index (χ4n) is 3.19. The van der Waals surface area contributed by atoms with E-state index < -0.39 is 0 Å². The van der Waals surface area contributed by atoms with E-state index >= 15 is 0 Å². The summed E-state index contributed by atoms with van der Waals surface area (Å²) >= 11 is 0. The predicted octanol–water partition coefficient (Wildman–Crippen LogP) is 4.23. The van der Waals surface area contributed by atoms with Gasteiger partial charge in [0.05, 0.1) is 106 Å². The Bertz CT molecular complexity index is 368. The van der Waals surface area contributed by atoms with E-state index in [0.29, 0.717) is 119 Å². The lowest BCUT2D eigenvalue weighted by molar-refractivity contribution is -0.299. The first-order chi connectivity index (χ1) is 18.9. The summed E-state index contributed by atoms with van der Waals surface area (Å²) in [4.78, 5) is 10.3. The highest BCUT2D eigenvalue weighted by Crippen LogP contribution is 2.08. The maximum atomic E-state index is 5.47. The third kappa shape index (κ3) is 35.6. The molecule has 38 heavy (non-hydrogen) atoms. The first-order valence-electron chi connectivity index (χ1n) is 14.8. The summed E-state index contributed by atoms with van der Waals surface area (Å²) in [6.45, 7) is 14.2. The van der Waals surface area contributed by atoms with Crippen molar-refractivity contribution in [3.05, 3.63) is 0 Å². The fraction of sp³-hybridized carbons (Fsp3) is 1.00. The predicted molar refractivity (Wildman–Crippen MR) is 147 cm³/mol. The van der Waals surface area contributed by atoms with Crippen LogP contribution in [-0.4, -0.2) is 119 Å². The molecule has 0 aliphatic heterocycles. The van der Waals surface area contributed by atoms with Crippen molar-refractivity contribution in [3.8, 4) is 0 Å². The molecular weight excluding hydrogens is 496 g/mol. The van der Waals surface area contributed by atoms with Gasteiger partial charge in [0, 0.05) is 6.61 Å². The van der Waals surface area contributed by atoms with Crippen molar-refractivity contribution in [2.45, 2.75) is 65.2 Å². The van der Waals surface area contributed by atoms with E-state index in [4.69, 9.17) is 47.7 Å². The molecule has 0 aliphatic rings. The van der Waals surface area contributed by atoms with Crippen LogP contribution in [0.1, 0.15) is 65.2 Å². The van der Waals surface area contributed by atoms with E-state index in [1.54, 1.807) is 0 Å². The van der Waals surface area contributed by atoms with Gasteiger partial charge in [0.15, 0.2) is 0 Å². The molecule has 0 heterocycles. The number of unbranched alkanes of at least 4 members (excludes halogenated alkanes) is 7. The monoisotopic (exact) mass is 554 g/mol. The van der Waals surface area contributed by atoms with Gasteiger partial charge in [-0.2, -0.15) is 0 Å². The van der Waals surface area contributed by atoms with Crippen LogP contribution in [0.15, 0.2) is 0 Å². The van der Waals surface area contributed by atoms with Crippen molar-refractivity contribution >= 4 is 0 Å². The third-order valence-electron chi connectivity index (χ3n) is 5.28. The van der Waals surface area contributed by atoms with E-state index in [1.165, 1.54) is 44.9 Å². The summed E-state index contributed by atoms with van der Waals surface area (Å²) in [7, 11) is 0. The summed E-state index contributed by atoms with van der Waals surface area (Å²) in [5.41, 5.74) is 0. The lowest BCUT2D eigenvalue weighted by atomic mass is 10.1. The Morgan fingerprint density at radius 2 is 0.553 bits per heavy atom. The van der Waals surface area contributed by atoms with Gasteiger partial charge in [-0.15, -0.1) is 0 Å². The van der Waals surface area contributed by atoms with Crippen LogP contribution in [0.5, 0.6) is 0 Å². The smallest absolute Gasteiger partial charge is 0.106 e. The van der Waals surface area contributed by atoms with Crippen molar-refractivity contribution in [1.29, 1.82) is 0 Å². The van der Waals surface area contributed by atoms with Gasteiger partial charge >= 0.3 is 0 Å². The Morgan fingerprint density at radius 1 is 0.263 bits per heavy atom. The Morgan fingerprint density at radius 3 is 0.921 bits per heavy atom. The number of rotatable bonds is 35. The van der Waals surface area contributed by atoms with Crippen LogP contribution in [0.4, 0.5) is 0 Å². The highest BCUT2D eigenvalue weighted by atomic mass is 17.2. The molecule has 0 aromatic carbocycles. The van der Waals surface area contributed by atoms with Gasteiger partial charge in [0.2, 0.25) is 0 Å². The number of hydrogen-bond acceptors (Lipinski definition) is 10. The summed E-state index contributed by atoms with van der Waals surface area (Å²) in [5.74, 6) is 0. The summed E-state index contributed by atoms with van der Waals surface area (Å²) in [6, 6.07) is 0. The lowest BCUT2D eigenvalue weighted by Crippen LogP contribution is -2.15. The molecule has 0 unspecified atom stereocenters. The lowest BCUT2D eigenvalue weighted by Gasteiger charge is -2.08. The molecule has 0 N–H and O–H groups in total. The topological polar surface area (TPSA) is 92.3 Å². The molecular formula is C28H58O10. The first kappa shape index (κ1) is 37.6. The molecule has 0 aliphatic carbocycles. The molecule has 0 fully saturated rings. The van der Waals surface area contributed by atoms with E-state index in [2.05, 4.69) is 6.92 Å². The fourth-order valence-corrected chi connectivity index (χ4v) is 3.19. The maximum absolute atomic E-state index is 5.47. The van der Waals surface area contributed by atoms with E-state index in [0.717, 1.165) is 6.42 Å². The van der Waals surface area contributed by atoms with E-state index in [-0.39, 0.29) is 0 Å². The van der Waals surface area contributed by atoms with Gasteiger partial charge in [-0.25, -0.2) is 9.78 Å². The van der Waals surface area contributed by atoms with Crippen molar-refractivity contribution in [3.63, 3.8) is 0 Å². The Kier molecular flexibility index (Phi) is 36.2. The second-order valence-electron chi connectivity index (χ2n) is 8.60. The van der Waals surface area contributed by atoms with Crippen LogP contribution in [-0.2, 0) is 47.7 Å². The average molecular weight is 555 g/mol. The highest BCUT2D eigenvalue weighted by molar-refractivity contribution is 4.45. The normalized spacial score (nSPS) is 11.5.